The van der Waals surface area contributed by atoms with Gasteiger partial charge in [-0.15, -0.1) is 5.06 Å². The molecule has 0 aliphatic heterocycles. The second-order valence-corrected chi connectivity index (χ2v) is 10.6. The van der Waals surface area contributed by atoms with E-state index in [1.807, 2.05) is 78.9 Å². The van der Waals surface area contributed by atoms with E-state index in [1.54, 1.807) is 5.06 Å². The first kappa shape index (κ1) is 31.9. The van der Waals surface area contributed by atoms with Crippen LogP contribution < -0.4 is 10.1 Å². The highest BCUT2D eigenvalue weighted by Crippen LogP contribution is 2.22. The SMILES string of the molecule is CCCCCCCCCCCCNC(=O)c1ccc(CN(Cc2ccc(Oc3ccccc3)cc2)OC(C)=O)cc1. The molecule has 3 aromatic carbocycles. The van der Waals surface area contributed by atoms with Gasteiger partial charge in [-0.25, -0.2) is 0 Å². The largest absolute Gasteiger partial charge is 0.457 e. The smallest absolute Gasteiger partial charge is 0.322 e. The van der Waals surface area contributed by atoms with E-state index in [2.05, 4.69) is 12.2 Å². The highest BCUT2D eigenvalue weighted by Gasteiger charge is 2.12. The molecule has 0 unspecified atom stereocenters. The summed E-state index contributed by atoms with van der Waals surface area (Å²) in [4.78, 5) is 29.8. The third kappa shape index (κ3) is 13.0. The van der Waals surface area contributed by atoms with Gasteiger partial charge in [0.15, 0.2) is 0 Å². The number of nitrogens with one attached hydrogen (secondary N) is 1. The number of rotatable bonds is 19. The zero-order chi connectivity index (χ0) is 29.1. The molecule has 0 fully saturated rings. The van der Waals surface area contributed by atoms with Gasteiger partial charge in [0, 0.05) is 19.0 Å². The number of hydrogen-bond acceptors (Lipinski definition) is 5. The van der Waals surface area contributed by atoms with Crippen LogP contribution in [-0.4, -0.2) is 23.5 Å². The lowest BCUT2D eigenvalue weighted by molar-refractivity contribution is -0.194. The first-order valence-corrected chi connectivity index (χ1v) is 15.2. The quantitative estimate of drug-likeness (QED) is 0.118. The van der Waals surface area contributed by atoms with Crippen LogP contribution in [0.4, 0.5) is 0 Å². The Balaban J connectivity index is 1.39. The standard InChI is InChI=1S/C35H46N2O4/c1-3-4-5-6-7-8-9-10-11-15-26-36-35(39)32-22-18-30(19-23-32)27-37(41-29(2)38)28-31-20-24-34(25-21-31)40-33-16-13-12-14-17-33/h12-14,16-25H,3-11,15,26-28H2,1-2H3,(H,36,39). The van der Waals surface area contributed by atoms with E-state index in [-0.39, 0.29) is 11.9 Å². The zero-order valence-corrected chi connectivity index (χ0v) is 24.8. The predicted molar refractivity (Wildman–Crippen MR) is 165 cm³/mol. The van der Waals surface area contributed by atoms with Crippen LogP contribution in [0.2, 0.25) is 0 Å². The topological polar surface area (TPSA) is 67.9 Å². The molecule has 3 rings (SSSR count). The number of ether oxygens (including phenoxy) is 1. The summed E-state index contributed by atoms with van der Waals surface area (Å²) in [6.45, 7) is 5.17. The number of unbranched alkanes of at least 4 members (excludes halogenated alkanes) is 9. The highest BCUT2D eigenvalue weighted by atomic mass is 16.7. The molecule has 1 N–H and O–H groups in total. The highest BCUT2D eigenvalue weighted by molar-refractivity contribution is 5.94. The van der Waals surface area contributed by atoms with E-state index < -0.39 is 0 Å². The zero-order valence-electron chi connectivity index (χ0n) is 24.8. The molecule has 0 saturated heterocycles. The number of para-hydroxylation sites is 1. The summed E-state index contributed by atoms with van der Waals surface area (Å²) in [5.41, 5.74) is 2.56. The van der Waals surface area contributed by atoms with Crippen LogP contribution in [0.15, 0.2) is 78.9 Å². The summed E-state index contributed by atoms with van der Waals surface area (Å²) >= 11 is 0. The van der Waals surface area contributed by atoms with Crippen LogP contribution in [0.25, 0.3) is 0 Å². The Bertz CT molecular complexity index is 1150. The van der Waals surface area contributed by atoms with Crippen LogP contribution in [-0.2, 0) is 22.7 Å². The number of amides is 1. The molecule has 0 radical (unpaired) electrons. The monoisotopic (exact) mass is 558 g/mol. The van der Waals surface area contributed by atoms with Gasteiger partial charge < -0.3 is 14.9 Å². The van der Waals surface area contributed by atoms with Crippen molar-refractivity contribution in [3.63, 3.8) is 0 Å². The van der Waals surface area contributed by atoms with E-state index in [4.69, 9.17) is 9.57 Å². The van der Waals surface area contributed by atoms with Crippen molar-refractivity contribution in [3.8, 4) is 11.5 Å². The minimum atomic E-state index is -0.378. The van der Waals surface area contributed by atoms with Crippen molar-refractivity contribution >= 4 is 11.9 Å². The number of hydrogen-bond donors (Lipinski definition) is 1. The fraction of sp³-hybridized carbons (Fsp3) is 0.429. The fourth-order valence-electron chi connectivity index (χ4n) is 4.67. The van der Waals surface area contributed by atoms with E-state index in [0.717, 1.165) is 35.5 Å². The molecule has 6 heteroatoms. The number of hydroxylamine groups is 2. The third-order valence-corrected chi connectivity index (χ3v) is 6.91. The van der Waals surface area contributed by atoms with E-state index >= 15 is 0 Å². The second kappa shape index (κ2) is 18.7. The number of carbonyl (C=O) groups excluding carboxylic acids is 2. The summed E-state index contributed by atoms with van der Waals surface area (Å²) in [5.74, 6) is 1.08. The van der Waals surface area contributed by atoms with Gasteiger partial charge in [-0.1, -0.05) is 107 Å². The Kier molecular flexibility index (Phi) is 14.5. The van der Waals surface area contributed by atoms with Gasteiger partial charge in [0.2, 0.25) is 0 Å². The van der Waals surface area contributed by atoms with Gasteiger partial charge in [-0.2, -0.15) is 0 Å². The Morgan fingerprint density at radius 1 is 0.659 bits per heavy atom. The van der Waals surface area contributed by atoms with Crippen LogP contribution in [0.5, 0.6) is 11.5 Å². The van der Waals surface area contributed by atoms with Crippen molar-refractivity contribution in [1.82, 2.24) is 10.4 Å². The molecule has 0 heterocycles. The Hall–Kier alpha value is -3.64. The molecule has 0 saturated carbocycles. The Morgan fingerprint density at radius 3 is 1.73 bits per heavy atom. The Morgan fingerprint density at radius 2 is 1.17 bits per heavy atom. The average molecular weight is 559 g/mol. The van der Waals surface area contributed by atoms with Crippen molar-refractivity contribution in [2.75, 3.05) is 6.54 Å². The molecule has 3 aromatic rings. The molecule has 1 amide bonds. The average Bonchev–Trinajstić information content (AvgIpc) is 2.97. The van der Waals surface area contributed by atoms with Crippen molar-refractivity contribution in [1.29, 1.82) is 0 Å². The van der Waals surface area contributed by atoms with Gasteiger partial charge in [0.25, 0.3) is 5.91 Å². The molecule has 0 aromatic heterocycles. The first-order chi connectivity index (χ1) is 20.0. The van der Waals surface area contributed by atoms with Crippen LogP contribution in [0.1, 0.15) is 99.5 Å². The molecule has 6 nitrogen and oxygen atoms in total. The molecule has 0 aliphatic rings. The van der Waals surface area contributed by atoms with Crippen molar-refractivity contribution in [3.05, 3.63) is 95.6 Å². The summed E-state index contributed by atoms with van der Waals surface area (Å²) in [7, 11) is 0. The van der Waals surface area contributed by atoms with Crippen molar-refractivity contribution in [2.45, 2.75) is 91.1 Å². The fourth-order valence-corrected chi connectivity index (χ4v) is 4.67. The molecule has 220 valence electrons. The van der Waals surface area contributed by atoms with Gasteiger partial charge in [0.05, 0.1) is 13.1 Å². The summed E-state index contributed by atoms with van der Waals surface area (Å²) in [6, 6.07) is 24.8. The van der Waals surface area contributed by atoms with Crippen molar-refractivity contribution in [2.24, 2.45) is 0 Å². The van der Waals surface area contributed by atoms with Crippen LogP contribution in [0.3, 0.4) is 0 Å². The maximum Gasteiger partial charge on any atom is 0.322 e. The lowest BCUT2D eigenvalue weighted by Gasteiger charge is -2.21. The van der Waals surface area contributed by atoms with Gasteiger partial charge in [-0.05, 0) is 53.9 Å². The van der Waals surface area contributed by atoms with Gasteiger partial charge >= 0.3 is 5.97 Å². The lowest BCUT2D eigenvalue weighted by Crippen LogP contribution is -2.26. The summed E-state index contributed by atoms with van der Waals surface area (Å²) in [6.07, 6.45) is 12.8. The molecular weight excluding hydrogens is 512 g/mol. The first-order valence-electron chi connectivity index (χ1n) is 15.2. The van der Waals surface area contributed by atoms with E-state index in [1.165, 1.54) is 58.3 Å². The minimum absolute atomic E-state index is 0.0536. The molecular formula is C35H46N2O4. The van der Waals surface area contributed by atoms with Crippen LogP contribution >= 0.6 is 0 Å². The molecule has 0 atom stereocenters. The second-order valence-electron chi connectivity index (χ2n) is 10.6. The molecule has 41 heavy (non-hydrogen) atoms. The molecule has 0 spiro atoms. The summed E-state index contributed by atoms with van der Waals surface area (Å²) < 4.78 is 5.86. The predicted octanol–water partition coefficient (Wildman–Crippen LogP) is 8.61. The Labute approximate surface area is 246 Å². The minimum Gasteiger partial charge on any atom is -0.457 e. The number of benzene rings is 3. The maximum absolute atomic E-state index is 12.6. The number of carbonyl (C=O) groups is 2. The van der Waals surface area contributed by atoms with Crippen molar-refractivity contribution < 1.29 is 19.2 Å². The normalized spacial score (nSPS) is 10.9. The molecule has 0 bridgehead atoms. The van der Waals surface area contributed by atoms with E-state index in [9.17, 15) is 9.59 Å². The van der Waals surface area contributed by atoms with E-state index in [0.29, 0.717) is 25.2 Å². The molecule has 0 aliphatic carbocycles. The number of nitrogens with zero attached hydrogens (tertiary/aromatic N) is 1. The summed E-state index contributed by atoms with van der Waals surface area (Å²) in [5, 5.41) is 4.65. The van der Waals surface area contributed by atoms with Crippen LogP contribution in [0, 0.1) is 0 Å². The third-order valence-electron chi connectivity index (χ3n) is 6.91. The maximum atomic E-state index is 12.6. The van der Waals surface area contributed by atoms with Gasteiger partial charge in [-0.3, -0.25) is 9.59 Å². The van der Waals surface area contributed by atoms with Gasteiger partial charge in [0.1, 0.15) is 11.5 Å². The lowest BCUT2D eigenvalue weighted by atomic mass is 10.1.